The molecule has 0 fully saturated rings. The molecule has 0 atom stereocenters. The van der Waals surface area contributed by atoms with Gasteiger partial charge < -0.3 is 15.4 Å². The number of phenolic OH excluding ortho intramolecular Hbond substituents is 1. The lowest BCUT2D eigenvalue weighted by atomic mass is 10.0. The second kappa shape index (κ2) is 3.77. The van der Waals surface area contributed by atoms with Crippen LogP contribution in [0.5, 0.6) is 5.75 Å². The maximum absolute atomic E-state index is 10.2. The Morgan fingerprint density at radius 1 is 1.35 bits per heavy atom. The lowest BCUT2D eigenvalue weighted by Gasteiger charge is -2.10. The van der Waals surface area contributed by atoms with E-state index < -0.39 is 0 Å². The van der Waals surface area contributed by atoms with Crippen molar-refractivity contribution in [3.05, 3.63) is 27.9 Å². The molecule has 0 bridgehead atoms. The van der Waals surface area contributed by atoms with Crippen LogP contribution in [0.3, 0.4) is 0 Å². The minimum atomic E-state index is 0.209. The predicted molar refractivity (Wildman–Crippen MR) is 67.7 cm³/mol. The number of benzene rings is 1. The Morgan fingerprint density at radius 3 is 2.88 bits per heavy atom. The van der Waals surface area contributed by atoms with Crippen molar-refractivity contribution in [3.8, 4) is 16.9 Å². The van der Waals surface area contributed by atoms with Crippen molar-refractivity contribution in [1.82, 2.24) is 5.16 Å². The predicted octanol–water partition coefficient (Wildman–Crippen LogP) is 2.88. The summed E-state index contributed by atoms with van der Waals surface area (Å²) in [6.45, 7) is 0. The monoisotopic (exact) mass is 294 g/mol. The third kappa shape index (κ3) is 1.53. The van der Waals surface area contributed by atoms with Crippen LogP contribution in [0.15, 0.2) is 21.3 Å². The zero-order valence-corrected chi connectivity index (χ0v) is 10.6. The molecule has 4 nitrogen and oxygen atoms in total. The number of phenols is 1. The third-order valence-electron chi connectivity index (χ3n) is 3.20. The van der Waals surface area contributed by atoms with Gasteiger partial charge in [0.2, 0.25) is 5.88 Å². The Morgan fingerprint density at radius 2 is 2.18 bits per heavy atom. The smallest absolute Gasteiger partial charge is 0.230 e. The minimum absolute atomic E-state index is 0.209. The Kier molecular flexibility index (Phi) is 2.36. The fraction of sp³-hybridized carbons (Fsp3) is 0.250. The van der Waals surface area contributed by atoms with Crippen LogP contribution in [0, 0.1) is 0 Å². The summed E-state index contributed by atoms with van der Waals surface area (Å²) in [6, 6.07) is 1.98. The second-order valence-electron chi connectivity index (χ2n) is 4.18. The van der Waals surface area contributed by atoms with E-state index >= 15 is 0 Å². The summed E-state index contributed by atoms with van der Waals surface area (Å²) in [5.41, 5.74) is 9.45. The largest absolute Gasteiger partial charge is 0.506 e. The maximum Gasteiger partial charge on any atom is 0.230 e. The van der Waals surface area contributed by atoms with Crippen LogP contribution in [0.1, 0.15) is 17.5 Å². The molecule has 0 saturated heterocycles. The van der Waals surface area contributed by atoms with Gasteiger partial charge in [-0.1, -0.05) is 5.16 Å². The van der Waals surface area contributed by atoms with Crippen LogP contribution in [0.2, 0.25) is 0 Å². The molecule has 1 aliphatic carbocycles. The highest BCUT2D eigenvalue weighted by Gasteiger charge is 2.22. The molecule has 17 heavy (non-hydrogen) atoms. The summed E-state index contributed by atoms with van der Waals surface area (Å²) in [7, 11) is 0. The lowest BCUT2D eigenvalue weighted by Crippen LogP contribution is -1.91. The highest BCUT2D eigenvalue weighted by atomic mass is 79.9. The number of nitrogens with two attached hydrogens (primary N) is 1. The van der Waals surface area contributed by atoms with Gasteiger partial charge >= 0.3 is 0 Å². The molecule has 0 aliphatic heterocycles. The first-order valence-electron chi connectivity index (χ1n) is 5.42. The second-order valence-corrected chi connectivity index (χ2v) is 4.97. The summed E-state index contributed by atoms with van der Waals surface area (Å²) in [5, 5.41) is 13.8. The molecule has 3 N–H and O–H groups in total. The molecule has 1 heterocycles. The molecule has 0 unspecified atom stereocenters. The Hall–Kier alpha value is -1.49. The molecule has 88 valence electrons. The van der Waals surface area contributed by atoms with Gasteiger partial charge in [0, 0.05) is 5.56 Å². The van der Waals surface area contributed by atoms with Gasteiger partial charge in [0.15, 0.2) is 0 Å². The minimum Gasteiger partial charge on any atom is -0.506 e. The number of nitrogen functional groups attached to an aromatic ring is 1. The first-order valence-corrected chi connectivity index (χ1v) is 6.21. The number of fused-ring (bicyclic) bond motifs is 1. The van der Waals surface area contributed by atoms with Crippen LogP contribution in [0.25, 0.3) is 11.1 Å². The topological polar surface area (TPSA) is 72.3 Å². The number of aromatic nitrogens is 1. The normalized spacial score (nSPS) is 13.9. The van der Waals surface area contributed by atoms with Gasteiger partial charge in [0.1, 0.15) is 5.75 Å². The quantitative estimate of drug-likeness (QED) is 0.848. The van der Waals surface area contributed by atoms with E-state index in [-0.39, 0.29) is 11.6 Å². The van der Waals surface area contributed by atoms with Crippen molar-refractivity contribution in [3.63, 3.8) is 0 Å². The highest BCUT2D eigenvalue weighted by Crippen LogP contribution is 2.43. The van der Waals surface area contributed by atoms with Gasteiger partial charge in [-0.05, 0) is 52.4 Å². The summed E-state index contributed by atoms with van der Waals surface area (Å²) in [6.07, 6.45) is 4.68. The summed E-state index contributed by atoms with van der Waals surface area (Å²) >= 11 is 3.45. The Balaban J connectivity index is 2.25. The summed E-state index contributed by atoms with van der Waals surface area (Å²) in [4.78, 5) is 0. The van der Waals surface area contributed by atoms with Crippen LogP contribution in [0.4, 0.5) is 5.88 Å². The SMILES string of the molecule is Nc1oncc1-c1cc2c(c(Br)c1O)CCC2. The summed E-state index contributed by atoms with van der Waals surface area (Å²) in [5.74, 6) is 0.436. The van der Waals surface area contributed by atoms with E-state index in [1.807, 2.05) is 6.07 Å². The zero-order chi connectivity index (χ0) is 12.0. The fourth-order valence-electron chi connectivity index (χ4n) is 2.34. The molecule has 2 aromatic rings. The number of halogens is 1. The molecule has 0 amide bonds. The molecular formula is C12H11BrN2O2. The van der Waals surface area contributed by atoms with Crippen molar-refractivity contribution < 1.29 is 9.63 Å². The number of hydrogen-bond donors (Lipinski definition) is 2. The van der Waals surface area contributed by atoms with Gasteiger partial charge in [0.05, 0.1) is 16.2 Å². The van der Waals surface area contributed by atoms with Crippen molar-refractivity contribution in [2.75, 3.05) is 5.73 Å². The first kappa shape index (κ1) is 10.7. The number of nitrogens with zero attached hydrogens (tertiary/aromatic N) is 1. The maximum atomic E-state index is 10.2. The van der Waals surface area contributed by atoms with Crippen molar-refractivity contribution in [2.45, 2.75) is 19.3 Å². The van der Waals surface area contributed by atoms with E-state index in [1.165, 1.54) is 17.3 Å². The molecule has 1 aromatic carbocycles. The molecule has 5 heteroatoms. The Bertz CT molecular complexity index is 592. The first-order chi connectivity index (χ1) is 8.18. The van der Waals surface area contributed by atoms with Gasteiger partial charge in [-0.25, -0.2) is 0 Å². The van der Waals surface area contributed by atoms with E-state index in [1.54, 1.807) is 0 Å². The van der Waals surface area contributed by atoms with Crippen molar-refractivity contribution in [2.24, 2.45) is 0 Å². The van der Waals surface area contributed by atoms with Gasteiger partial charge in [0.25, 0.3) is 0 Å². The van der Waals surface area contributed by atoms with E-state index in [4.69, 9.17) is 10.3 Å². The molecule has 1 aliphatic rings. The number of hydrogen-bond acceptors (Lipinski definition) is 4. The zero-order valence-electron chi connectivity index (χ0n) is 9.03. The average Bonchev–Trinajstić information content (AvgIpc) is 2.92. The molecule has 0 saturated carbocycles. The average molecular weight is 295 g/mol. The number of aryl methyl sites for hydroxylation is 1. The van der Waals surface area contributed by atoms with Crippen molar-refractivity contribution in [1.29, 1.82) is 0 Å². The molecule has 1 aromatic heterocycles. The molecule has 0 radical (unpaired) electrons. The Labute approximate surface area is 107 Å². The van der Waals surface area contributed by atoms with Crippen LogP contribution in [-0.2, 0) is 12.8 Å². The van der Waals surface area contributed by atoms with Crippen LogP contribution < -0.4 is 5.73 Å². The molecule has 3 rings (SSSR count). The van der Waals surface area contributed by atoms with Gasteiger partial charge in [-0.2, -0.15) is 0 Å². The van der Waals surface area contributed by atoms with Gasteiger partial charge in [-0.15, -0.1) is 0 Å². The number of rotatable bonds is 1. The fourth-order valence-corrected chi connectivity index (χ4v) is 3.00. The van der Waals surface area contributed by atoms with Crippen LogP contribution >= 0.6 is 15.9 Å². The van der Waals surface area contributed by atoms with Gasteiger partial charge in [-0.3, -0.25) is 0 Å². The van der Waals surface area contributed by atoms with E-state index in [0.29, 0.717) is 11.1 Å². The van der Waals surface area contributed by atoms with E-state index in [0.717, 1.165) is 23.7 Å². The van der Waals surface area contributed by atoms with Crippen LogP contribution in [-0.4, -0.2) is 10.3 Å². The standard InChI is InChI=1S/C12H11BrN2O2/c13-10-7-3-1-2-6(7)4-8(11(10)16)9-5-15-17-12(9)14/h4-5,16H,1-3,14H2. The number of anilines is 1. The molecular weight excluding hydrogens is 284 g/mol. The van der Waals surface area contributed by atoms with E-state index in [2.05, 4.69) is 21.1 Å². The summed E-state index contributed by atoms with van der Waals surface area (Å²) < 4.78 is 5.60. The van der Waals surface area contributed by atoms with E-state index in [9.17, 15) is 5.11 Å². The highest BCUT2D eigenvalue weighted by molar-refractivity contribution is 9.10. The van der Waals surface area contributed by atoms with Crippen molar-refractivity contribution >= 4 is 21.8 Å². The number of aromatic hydroxyl groups is 1. The third-order valence-corrected chi connectivity index (χ3v) is 4.05. The molecule has 0 spiro atoms. The lowest BCUT2D eigenvalue weighted by molar-refractivity contribution is 0.436.